The van der Waals surface area contributed by atoms with Gasteiger partial charge in [-0.05, 0) is 25.5 Å². The van der Waals surface area contributed by atoms with Crippen LogP contribution < -0.4 is 0 Å². The molecule has 3 rings (SSSR count). The topological polar surface area (TPSA) is 50.5 Å². The third-order valence-corrected chi connectivity index (χ3v) is 3.64. The van der Waals surface area contributed by atoms with Gasteiger partial charge in [0.25, 0.3) is 5.91 Å². The minimum atomic E-state index is -0.0573. The standard InChI is InChI=1S/C17H18N4O/c1-3-20(12-14-7-5-4-6-8-14)17(22)15-11-13(2)21-16(19-15)9-10-18-21/h4-11H,3,12H2,1-2H3. The lowest BCUT2D eigenvalue weighted by molar-refractivity contribution is 0.0746. The molecule has 0 unspecified atom stereocenters. The van der Waals surface area contributed by atoms with Crippen LogP contribution in [0, 0.1) is 6.92 Å². The summed E-state index contributed by atoms with van der Waals surface area (Å²) in [6, 6.07) is 13.6. The van der Waals surface area contributed by atoms with Crippen LogP contribution in [0.5, 0.6) is 0 Å². The predicted octanol–water partition coefficient (Wildman–Crippen LogP) is 2.70. The normalized spacial score (nSPS) is 10.8. The van der Waals surface area contributed by atoms with Crippen molar-refractivity contribution in [2.75, 3.05) is 6.54 Å². The molecule has 2 heterocycles. The van der Waals surface area contributed by atoms with Crippen LogP contribution in [0.15, 0.2) is 48.7 Å². The second-order valence-corrected chi connectivity index (χ2v) is 5.19. The molecule has 0 aliphatic carbocycles. The maximum absolute atomic E-state index is 12.7. The molecule has 0 radical (unpaired) electrons. The molecule has 1 amide bonds. The van der Waals surface area contributed by atoms with Crippen LogP contribution in [0.4, 0.5) is 0 Å². The van der Waals surface area contributed by atoms with Gasteiger partial charge in [-0.2, -0.15) is 5.10 Å². The van der Waals surface area contributed by atoms with E-state index < -0.39 is 0 Å². The van der Waals surface area contributed by atoms with Crippen LogP contribution in [0.3, 0.4) is 0 Å². The number of benzene rings is 1. The van der Waals surface area contributed by atoms with E-state index >= 15 is 0 Å². The predicted molar refractivity (Wildman–Crippen MR) is 84.6 cm³/mol. The molecule has 0 N–H and O–H groups in total. The smallest absolute Gasteiger partial charge is 0.272 e. The number of hydrogen-bond donors (Lipinski definition) is 0. The highest BCUT2D eigenvalue weighted by Crippen LogP contribution is 2.11. The molecule has 0 fully saturated rings. The summed E-state index contributed by atoms with van der Waals surface area (Å²) in [4.78, 5) is 18.9. The van der Waals surface area contributed by atoms with Gasteiger partial charge in [-0.3, -0.25) is 4.79 Å². The number of aromatic nitrogens is 3. The summed E-state index contributed by atoms with van der Waals surface area (Å²) in [7, 11) is 0. The van der Waals surface area contributed by atoms with E-state index in [-0.39, 0.29) is 5.91 Å². The fourth-order valence-electron chi connectivity index (χ4n) is 2.47. The van der Waals surface area contributed by atoms with Gasteiger partial charge in [0.15, 0.2) is 5.65 Å². The molecule has 0 spiro atoms. The number of carbonyl (C=O) groups is 1. The molecular weight excluding hydrogens is 276 g/mol. The summed E-state index contributed by atoms with van der Waals surface area (Å²) in [5.41, 5.74) is 3.16. The van der Waals surface area contributed by atoms with Crippen molar-refractivity contribution in [2.45, 2.75) is 20.4 Å². The number of rotatable bonds is 4. The molecule has 0 saturated heterocycles. The summed E-state index contributed by atoms with van der Waals surface area (Å²) < 4.78 is 1.73. The summed E-state index contributed by atoms with van der Waals surface area (Å²) in [5.74, 6) is -0.0573. The molecule has 0 atom stereocenters. The number of amides is 1. The van der Waals surface area contributed by atoms with Gasteiger partial charge in [-0.1, -0.05) is 30.3 Å². The molecule has 0 bridgehead atoms. The minimum Gasteiger partial charge on any atom is -0.333 e. The Morgan fingerprint density at radius 2 is 2.00 bits per heavy atom. The van der Waals surface area contributed by atoms with Crippen LogP contribution in [-0.2, 0) is 6.54 Å². The van der Waals surface area contributed by atoms with Gasteiger partial charge in [0.2, 0.25) is 0 Å². The zero-order chi connectivity index (χ0) is 15.5. The van der Waals surface area contributed by atoms with Crippen molar-refractivity contribution in [2.24, 2.45) is 0 Å². The number of aryl methyl sites for hydroxylation is 1. The van der Waals surface area contributed by atoms with Gasteiger partial charge in [-0.15, -0.1) is 0 Å². The number of hydrogen-bond acceptors (Lipinski definition) is 3. The van der Waals surface area contributed by atoms with Gasteiger partial charge in [0.05, 0.1) is 6.20 Å². The average molecular weight is 294 g/mol. The zero-order valence-corrected chi connectivity index (χ0v) is 12.7. The average Bonchev–Trinajstić information content (AvgIpc) is 3.02. The first-order chi connectivity index (χ1) is 10.7. The zero-order valence-electron chi connectivity index (χ0n) is 12.7. The first-order valence-electron chi connectivity index (χ1n) is 7.33. The highest BCUT2D eigenvalue weighted by Gasteiger charge is 2.17. The first-order valence-corrected chi connectivity index (χ1v) is 7.33. The highest BCUT2D eigenvalue weighted by molar-refractivity contribution is 5.92. The first kappa shape index (κ1) is 14.3. The molecule has 0 aliphatic rings. The maximum atomic E-state index is 12.7. The van der Waals surface area contributed by atoms with Gasteiger partial charge >= 0.3 is 0 Å². The van der Waals surface area contributed by atoms with E-state index in [1.165, 1.54) is 0 Å². The van der Waals surface area contributed by atoms with E-state index in [1.54, 1.807) is 27.7 Å². The fourth-order valence-corrected chi connectivity index (χ4v) is 2.47. The molecule has 112 valence electrons. The minimum absolute atomic E-state index is 0.0573. The van der Waals surface area contributed by atoms with Crippen LogP contribution >= 0.6 is 0 Å². The van der Waals surface area contributed by atoms with Crippen LogP contribution in [-0.4, -0.2) is 31.9 Å². The Bertz CT molecular complexity index is 795. The Labute approximate surface area is 129 Å². The van der Waals surface area contributed by atoms with Crippen molar-refractivity contribution >= 4 is 11.6 Å². The molecule has 5 nitrogen and oxygen atoms in total. The Balaban J connectivity index is 1.89. The third kappa shape index (κ3) is 2.70. The second-order valence-electron chi connectivity index (χ2n) is 5.19. The maximum Gasteiger partial charge on any atom is 0.272 e. The lowest BCUT2D eigenvalue weighted by Crippen LogP contribution is -2.31. The fraction of sp³-hybridized carbons (Fsp3) is 0.235. The molecule has 22 heavy (non-hydrogen) atoms. The van der Waals surface area contributed by atoms with Crippen LogP contribution in [0.1, 0.15) is 28.7 Å². The van der Waals surface area contributed by atoms with Crippen LogP contribution in [0.2, 0.25) is 0 Å². The summed E-state index contributed by atoms with van der Waals surface area (Å²) in [6.45, 7) is 5.12. The molecule has 1 aromatic carbocycles. The van der Waals surface area contributed by atoms with Crippen molar-refractivity contribution < 1.29 is 4.79 Å². The quantitative estimate of drug-likeness (QED) is 0.743. The number of fused-ring (bicyclic) bond motifs is 1. The van der Waals surface area contributed by atoms with E-state index in [0.717, 1.165) is 11.3 Å². The molecule has 2 aromatic heterocycles. The SMILES string of the molecule is CCN(Cc1ccccc1)C(=O)c1cc(C)n2nccc2n1. The lowest BCUT2D eigenvalue weighted by atomic mass is 10.2. The van der Waals surface area contributed by atoms with Crippen LogP contribution in [0.25, 0.3) is 5.65 Å². The monoisotopic (exact) mass is 294 g/mol. The van der Waals surface area contributed by atoms with E-state index in [2.05, 4.69) is 10.1 Å². The molecule has 0 aliphatic heterocycles. The lowest BCUT2D eigenvalue weighted by Gasteiger charge is -2.20. The van der Waals surface area contributed by atoms with E-state index in [4.69, 9.17) is 0 Å². The van der Waals surface area contributed by atoms with Gasteiger partial charge in [0.1, 0.15) is 5.69 Å². The van der Waals surface area contributed by atoms with Crippen molar-refractivity contribution in [3.8, 4) is 0 Å². The Morgan fingerprint density at radius 1 is 1.23 bits per heavy atom. The largest absolute Gasteiger partial charge is 0.333 e. The molecule has 3 aromatic rings. The summed E-state index contributed by atoms with van der Waals surface area (Å²) in [6.07, 6.45) is 1.69. The van der Waals surface area contributed by atoms with Gasteiger partial charge in [0, 0.05) is 24.8 Å². The van der Waals surface area contributed by atoms with Gasteiger partial charge < -0.3 is 4.90 Å². The Kier molecular flexibility index (Phi) is 3.87. The van der Waals surface area contributed by atoms with Crippen molar-refractivity contribution in [1.82, 2.24) is 19.5 Å². The molecule has 5 heteroatoms. The molecule has 0 saturated carbocycles. The number of nitrogens with zero attached hydrogens (tertiary/aromatic N) is 4. The summed E-state index contributed by atoms with van der Waals surface area (Å²) in [5, 5.41) is 4.18. The van der Waals surface area contributed by atoms with Crippen molar-refractivity contribution in [3.63, 3.8) is 0 Å². The Morgan fingerprint density at radius 3 is 2.73 bits per heavy atom. The van der Waals surface area contributed by atoms with E-state index in [0.29, 0.717) is 24.4 Å². The Hall–Kier alpha value is -2.69. The third-order valence-electron chi connectivity index (χ3n) is 3.64. The molecular formula is C17H18N4O. The van der Waals surface area contributed by atoms with E-state index in [1.807, 2.05) is 44.2 Å². The summed E-state index contributed by atoms with van der Waals surface area (Å²) >= 11 is 0. The van der Waals surface area contributed by atoms with E-state index in [9.17, 15) is 4.79 Å². The number of carbonyl (C=O) groups excluding carboxylic acids is 1. The van der Waals surface area contributed by atoms with Crippen molar-refractivity contribution in [1.29, 1.82) is 0 Å². The highest BCUT2D eigenvalue weighted by atomic mass is 16.2. The van der Waals surface area contributed by atoms with Crippen molar-refractivity contribution in [3.05, 3.63) is 65.6 Å². The second kappa shape index (κ2) is 5.97. The van der Waals surface area contributed by atoms with Gasteiger partial charge in [-0.25, -0.2) is 9.50 Å².